The maximum atomic E-state index is 12.1. The van der Waals surface area contributed by atoms with Gasteiger partial charge >= 0.3 is 0 Å². The topological polar surface area (TPSA) is 95.9 Å². The molecule has 0 spiro atoms. The van der Waals surface area contributed by atoms with Gasteiger partial charge in [-0.1, -0.05) is 0 Å². The lowest BCUT2D eigenvalue weighted by Crippen LogP contribution is -2.42. The van der Waals surface area contributed by atoms with E-state index < -0.39 is 15.9 Å². The number of nitrogens with one attached hydrogen (secondary N) is 1. The fourth-order valence-corrected chi connectivity index (χ4v) is 3.19. The first kappa shape index (κ1) is 21.7. The number of β-amino-alcohol motifs (C(OH)–C–C–N with tert-alkyl or cyclic N) is 1. The Morgan fingerprint density at radius 3 is 2.52 bits per heavy atom. The van der Waals surface area contributed by atoms with Gasteiger partial charge in [-0.2, -0.15) is 0 Å². The second-order valence-corrected chi connectivity index (χ2v) is 8.07. The summed E-state index contributed by atoms with van der Waals surface area (Å²) in [6.07, 6.45) is 1.82. The molecule has 2 N–H and O–H groups in total. The van der Waals surface area contributed by atoms with Gasteiger partial charge in [0, 0.05) is 26.4 Å². The zero-order chi connectivity index (χ0) is 17.7. The molecule has 2 rings (SSSR count). The Morgan fingerprint density at radius 1 is 1.36 bits per heavy atom. The van der Waals surface area contributed by atoms with E-state index in [0.717, 1.165) is 6.26 Å². The number of halogens is 1. The number of benzene rings is 1. The van der Waals surface area contributed by atoms with Gasteiger partial charge in [-0.15, -0.1) is 12.4 Å². The van der Waals surface area contributed by atoms with Crippen LogP contribution in [0.25, 0.3) is 0 Å². The van der Waals surface area contributed by atoms with Gasteiger partial charge in [-0.05, 0) is 37.1 Å². The lowest BCUT2D eigenvalue weighted by Gasteiger charge is -2.21. The molecular formula is C16H25ClN2O5S. The zero-order valence-corrected chi connectivity index (χ0v) is 16.0. The lowest BCUT2D eigenvalue weighted by atomic mass is 10.2. The predicted molar refractivity (Wildman–Crippen MR) is 97.0 cm³/mol. The number of rotatable bonds is 7. The number of aliphatic hydroxyl groups excluding tert-OH is 1. The van der Waals surface area contributed by atoms with Crippen molar-refractivity contribution in [2.45, 2.75) is 29.9 Å². The summed E-state index contributed by atoms with van der Waals surface area (Å²) >= 11 is 0. The summed E-state index contributed by atoms with van der Waals surface area (Å²) in [7, 11) is -1.47. The van der Waals surface area contributed by atoms with Crippen LogP contribution in [0.2, 0.25) is 0 Å². The molecule has 2 atom stereocenters. The first-order valence-corrected chi connectivity index (χ1v) is 9.76. The highest BCUT2D eigenvalue weighted by molar-refractivity contribution is 7.90. The smallest absolute Gasteiger partial charge is 0.239 e. The Balaban J connectivity index is 0.00000312. The first-order chi connectivity index (χ1) is 11.3. The number of ether oxygens (including phenoxy) is 1. The average Bonchev–Trinajstić information content (AvgIpc) is 2.96. The molecule has 0 aromatic heterocycles. The summed E-state index contributed by atoms with van der Waals surface area (Å²) in [5.41, 5.74) is 0. The molecule has 7 nitrogen and oxygen atoms in total. The van der Waals surface area contributed by atoms with Crippen molar-refractivity contribution in [3.63, 3.8) is 0 Å². The normalized spacial score (nSPS) is 20.0. The third-order valence-corrected chi connectivity index (χ3v) is 5.07. The van der Waals surface area contributed by atoms with E-state index in [1.54, 1.807) is 24.1 Å². The molecule has 1 amide bonds. The Labute approximate surface area is 154 Å². The molecule has 1 aromatic rings. The second kappa shape index (κ2) is 9.38. The van der Waals surface area contributed by atoms with Crippen LogP contribution in [0, 0.1) is 0 Å². The summed E-state index contributed by atoms with van der Waals surface area (Å²) in [6, 6.07) is 5.95. The second-order valence-electron chi connectivity index (χ2n) is 6.06. The molecule has 1 aliphatic rings. The van der Waals surface area contributed by atoms with Gasteiger partial charge in [-0.3, -0.25) is 4.79 Å². The maximum absolute atomic E-state index is 12.1. The number of nitrogens with zero attached hydrogens (tertiary/aromatic N) is 1. The van der Waals surface area contributed by atoms with Crippen molar-refractivity contribution in [2.75, 3.05) is 33.0 Å². The zero-order valence-electron chi connectivity index (χ0n) is 14.3. The largest absolute Gasteiger partial charge is 0.494 e. The average molecular weight is 393 g/mol. The molecule has 1 heterocycles. The Bertz CT molecular complexity index is 666. The summed E-state index contributed by atoms with van der Waals surface area (Å²) in [5, 5.41) is 12.4. The van der Waals surface area contributed by atoms with Crippen LogP contribution in [-0.4, -0.2) is 69.5 Å². The van der Waals surface area contributed by atoms with Crippen molar-refractivity contribution in [1.29, 1.82) is 0 Å². The minimum absolute atomic E-state index is 0. The van der Waals surface area contributed by atoms with E-state index in [0.29, 0.717) is 38.3 Å². The molecule has 0 aliphatic carbocycles. The summed E-state index contributed by atoms with van der Waals surface area (Å²) in [4.78, 5) is 14.0. The van der Waals surface area contributed by atoms with E-state index in [1.165, 1.54) is 12.1 Å². The van der Waals surface area contributed by atoms with Crippen LogP contribution in [0.1, 0.15) is 12.8 Å². The Morgan fingerprint density at radius 2 is 2.00 bits per heavy atom. The number of likely N-dealkylation sites (N-methyl/N-ethyl adjacent to an activating group) is 1. The number of sulfone groups is 1. The number of carbonyl (C=O) groups is 1. The van der Waals surface area contributed by atoms with Crippen LogP contribution in [-0.2, 0) is 14.6 Å². The Kier molecular flexibility index (Phi) is 8.14. The van der Waals surface area contributed by atoms with Crippen molar-refractivity contribution >= 4 is 28.2 Å². The van der Waals surface area contributed by atoms with E-state index in [2.05, 4.69) is 5.32 Å². The van der Waals surface area contributed by atoms with Crippen LogP contribution in [0.4, 0.5) is 0 Å². The molecule has 0 radical (unpaired) electrons. The summed E-state index contributed by atoms with van der Waals surface area (Å²) in [6.45, 7) is 1.43. The minimum atomic E-state index is -3.20. The van der Waals surface area contributed by atoms with Crippen molar-refractivity contribution in [3.05, 3.63) is 24.3 Å². The third-order valence-electron chi connectivity index (χ3n) is 3.94. The van der Waals surface area contributed by atoms with Crippen LogP contribution in [0.5, 0.6) is 5.75 Å². The quantitative estimate of drug-likeness (QED) is 0.654. The number of amides is 1. The van der Waals surface area contributed by atoms with Gasteiger partial charge in [0.05, 0.1) is 23.6 Å². The van der Waals surface area contributed by atoms with Gasteiger partial charge in [0.15, 0.2) is 9.84 Å². The molecule has 1 saturated heterocycles. The summed E-state index contributed by atoms with van der Waals surface area (Å²) in [5.74, 6) is 0.570. The van der Waals surface area contributed by atoms with Crippen molar-refractivity contribution in [3.8, 4) is 5.75 Å². The first-order valence-electron chi connectivity index (χ1n) is 7.86. The highest BCUT2D eigenvalue weighted by atomic mass is 35.5. The summed E-state index contributed by atoms with van der Waals surface area (Å²) < 4.78 is 28.3. The maximum Gasteiger partial charge on any atom is 0.239 e. The molecule has 1 fully saturated rings. The standard InChI is InChI=1S/C16H24N2O5S.ClH/c1-18(16(20)15-10-12(19)11-17-15)8-3-9-23-13-4-6-14(7-5-13)24(2,21)22;/h4-7,12,15,17,19H,3,8-11H2,1-2H3;1H. The fraction of sp³-hybridized carbons (Fsp3) is 0.562. The molecule has 25 heavy (non-hydrogen) atoms. The molecule has 0 bridgehead atoms. The monoisotopic (exact) mass is 392 g/mol. The molecule has 0 saturated carbocycles. The molecule has 142 valence electrons. The van der Waals surface area contributed by atoms with Crippen molar-refractivity contribution in [1.82, 2.24) is 10.2 Å². The van der Waals surface area contributed by atoms with E-state index in [-0.39, 0.29) is 29.3 Å². The molecule has 2 unspecified atom stereocenters. The van der Waals surface area contributed by atoms with Crippen LogP contribution < -0.4 is 10.1 Å². The fourth-order valence-electron chi connectivity index (χ4n) is 2.56. The van der Waals surface area contributed by atoms with Crippen LogP contribution in [0.15, 0.2) is 29.2 Å². The van der Waals surface area contributed by atoms with Gasteiger partial charge in [0.25, 0.3) is 0 Å². The van der Waals surface area contributed by atoms with Gasteiger partial charge in [-0.25, -0.2) is 8.42 Å². The highest BCUT2D eigenvalue weighted by Gasteiger charge is 2.29. The lowest BCUT2D eigenvalue weighted by molar-refractivity contribution is -0.132. The minimum Gasteiger partial charge on any atom is -0.494 e. The number of aliphatic hydroxyl groups is 1. The molecule has 9 heteroatoms. The highest BCUT2D eigenvalue weighted by Crippen LogP contribution is 2.16. The van der Waals surface area contributed by atoms with E-state index in [1.807, 2.05) is 0 Å². The van der Waals surface area contributed by atoms with E-state index in [4.69, 9.17) is 4.74 Å². The molecular weight excluding hydrogens is 368 g/mol. The van der Waals surface area contributed by atoms with E-state index >= 15 is 0 Å². The Hall–Kier alpha value is -1.35. The number of hydrogen-bond donors (Lipinski definition) is 2. The van der Waals surface area contributed by atoms with Crippen LogP contribution in [0.3, 0.4) is 0 Å². The van der Waals surface area contributed by atoms with Gasteiger partial charge in [0.1, 0.15) is 5.75 Å². The van der Waals surface area contributed by atoms with E-state index in [9.17, 15) is 18.3 Å². The third kappa shape index (κ3) is 6.47. The van der Waals surface area contributed by atoms with Gasteiger partial charge in [0.2, 0.25) is 5.91 Å². The SMILES string of the molecule is CN(CCCOc1ccc(S(C)(=O)=O)cc1)C(=O)C1CC(O)CN1.Cl. The molecule has 1 aliphatic heterocycles. The van der Waals surface area contributed by atoms with Crippen molar-refractivity contribution in [2.24, 2.45) is 0 Å². The number of hydrogen-bond acceptors (Lipinski definition) is 6. The van der Waals surface area contributed by atoms with Crippen LogP contribution >= 0.6 is 12.4 Å². The molecule has 1 aromatic carbocycles. The predicted octanol–water partition coefficient (Wildman–Crippen LogP) is 0.462. The van der Waals surface area contributed by atoms with Crippen molar-refractivity contribution < 1.29 is 23.1 Å². The number of carbonyl (C=O) groups excluding carboxylic acids is 1. The van der Waals surface area contributed by atoms with Gasteiger partial charge < -0.3 is 20.1 Å².